The van der Waals surface area contributed by atoms with Crippen LogP contribution in [0.4, 0.5) is 5.95 Å². The summed E-state index contributed by atoms with van der Waals surface area (Å²) in [4.78, 5) is 26.0. The van der Waals surface area contributed by atoms with E-state index in [0.717, 1.165) is 22.4 Å². The van der Waals surface area contributed by atoms with E-state index in [2.05, 4.69) is 25.6 Å². The predicted molar refractivity (Wildman–Crippen MR) is 125 cm³/mol. The lowest BCUT2D eigenvalue weighted by molar-refractivity contribution is 0.0948. The number of para-hydroxylation sites is 2. The van der Waals surface area contributed by atoms with Crippen molar-refractivity contribution >= 4 is 22.9 Å². The van der Waals surface area contributed by atoms with Gasteiger partial charge in [0, 0.05) is 11.8 Å². The zero-order chi connectivity index (χ0) is 22.6. The Bertz CT molecular complexity index is 1390. The van der Waals surface area contributed by atoms with Crippen LogP contribution in [-0.4, -0.2) is 25.4 Å². The summed E-state index contributed by atoms with van der Waals surface area (Å²) in [5.74, 6) is 1.76. The zero-order valence-electron chi connectivity index (χ0n) is 18.0. The number of imidazole rings is 1. The Balaban J connectivity index is 1.31. The van der Waals surface area contributed by atoms with Gasteiger partial charge in [0.05, 0.1) is 29.9 Å². The van der Waals surface area contributed by atoms with Crippen molar-refractivity contribution in [2.75, 3.05) is 5.32 Å². The normalized spacial score (nSPS) is 11.9. The Morgan fingerprint density at radius 2 is 1.97 bits per heavy atom. The van der Waals surface area contributed by atoms with Gasteiger partial charge < -0.3 is 15.1 Å². The van der Waals surface area contributed by atoms with Gasteiger partial charge in [-0.15, -0.1) is 0 Å². The van der Waals surface area contributed by atoms with Gasteiger partial charge in [-0.2, -0.15) is 4.98 Å². The number of fused-ring (bicyclic) bond motifs is 1. The van der Waals surface area contributed by atoms with Crippen LogP contribution in [0.15, 0.2) is 89.9 Å². The number of carbonyl (C=O) groups is 1. The molecular weight excluding hydrogens is 416 g/mol. The molecule has 0 radical (unpaired) electrons. The maximum Gasteiger partial charge on any atom is 0.251 e. The standard InChI is InChI=1S/C25H22N6O2/c1-17(18-6-4-7-19(14-18)24(32)27-15-20-8-5-13-33-20)29-25-26-12-11-23(30-25)31-16-28-21-9-2-3-10-22(21)31/h2-14,16-17H,15H2,1H3,(H,27,32)(H,26,29,30). The lowest BCUT2D eigenvalue weighted by atomic mass is 10.0. The molecule has 1 atom stereocenters. The molecule has 0 spiro atoms. The number of nitrogens with zero attached hydrogens (tertiary/aromatic N) is 4. The van der Waals surface area contributed by atoms with Crippen LogP contribution in [0.2, 0.25) is 0 Å². The van der Waals surface area contributed by atoms with Gasteiger partial charge >= 0.3 is 0 Å². The first kappa shape index (κ1) is 20.4. The number of benzene rings is 2. The molecule has 0 aliphatic rings. The highest BCUT2D eigenvalue weighted by Gasteiger charge is 2.13. The second-order valence-corrected chi connectivity index (χ2v) is 7.60. The molecule has 0 aliphatic heterocycles. The molecule has 0 bridgehead atoms. The Labute approximate surface area is 190 Å². The fraction of sp³-hybridized carbons (Fsp3) is 0.120. The van der Waals surface area contributed by atoms with Crippen LogP contribution >= 0.6 is 0 Å². The molecule has 3 heterocycles. The number of amides is 1. The van der Waals surface area contributed by atoms with Gasteiger partial charge in [-0.3, -0.25) is 9.36 Å². The first-order chi connectivity index (χ1) is 16.2. The van der Waals surface area contributed by atoms with Crippen molar-refractivity contribution in [3.05, 3.63) is 102 Å². The Kier molecular flexibility index (Phi) is 5.55. The second-order valence-electron chi connectivity index (χ2n) is 7.60. The van der Waals surface area contributed by atoms with Crippen molar-refractivity contribution in [3.63, 3.8) is 0 Å². The topological polar surface area (TPSA) is 97.9 Å². The number of furan rings is 1. The number of hydrogen-bond donors (Lipinski definition) is 2. The van der Waals surface area contributed by atoms with E-state index >= 15 is 0 Å². The summed E-state index contributed by atoms with van der Waals surface area (Å²) in [5.41, 5.74) is 3.40. The van der Waals surface area contributed by atoms with E-state index in [1.54, 1.807) is 30.9 Å². The van der Waals surface area contributed by atoms with E-state index in [4.69, 9.17) is 4.42 Å². The Morgan fingerprint density at radius 1 is 1.06 bits per heavy atom. The second kappa shape index (κ2) is 8.96. The summed E-state index contributed by atoms with van der Waals surface area (Å²) in [6.45, 7) is 2.34. The van der Waals surface area contributed by atoms with E-state index < -0.39 is 0 Å². The maximum absolute atomic E-state index is 12.5. The average molecular weight is 438 g/mol. The van der Waals surface area contributed by atoms with Crippen LogP contribution in [0.3, 0.4) is 0 Å². The number of nitrogens with one attached hydrogen (secondary N) is 2. The van der Waals surface area contributed by atoms with Crippen LogP contribution < -0.4 is 10.6 Å². The fourth-order valence-corrected chi connectivity index (χ4v) is 3.60. The summed E-state index contributed by atoms with van der Waals surface area (Å²) >= 11 is 0. The summed E-state index contributed by atoms with van der Waals surface area (Å²) < 4.78 is 7.19. The van der Waals surface area contributed by atoms with Crippen molar-refractivity contribution in [3.8, 4) is 5.82 Å². The van der Waals surface area contributed by atoms with E-state index in [9.17, 15) is 4.79 Å². The van der Waals surface area contributed by atoms with Crippen LogP contribution in [0.1, 0.15) is 34.6 Å². The van der Waals surface area contributed by atoms with E-state index in [1.165, 1.54) is 0 Å². The Morgan fingerprint density at radius 3 is 2.85 bits per heavy atom. The first-order valence-corrected chi connectivity index (χ1v) is 10.6. The van der Waals surface area contributed by atoms with Gasteiger partial charge in [0.1, 0.15) is 17.9 Å². The van der Waals surface area contributed by atoms with Gasteiger partial charge in [0.2, 0.25) is 5.95 Å². The van der Waals surface area contributed by atoms with Gasteiger partial charge in [-0.05, 0) is 55.0 Å². The monoisotopic (exact) mass is 438 g/mol. The highest BCUT2D eigenvalue weighted by atomic mass is 16.3. The summed E-state index contributed by atoms with van der Waals surface area (Å²) in [6, 6.07) is 20.7. The van der Waals surface area contributed by atoms with Gasteiger partial charge in [-0.25, -0.2) is 9.97 Å². The quantitative estimate of drug-likeness (QED) is 0.388. The molecule has 8 nitrogen and oxygen atoms in total. The number of anilines is 1. The number of hydrogen-bond acceptors (Lipinski definition) is 6. The molecule has 0 fully saturated rings. The molecule has 5 rings (SSSR count). The van der Waals surface area contributed by atoms with Crippen molar-refractivity contribution in [2.24, 2.45) is 0 Å². The average Bonchev–Trinajstić information content (AvgIpc) is 3.53. The summed E-state index contributed by atoms with van der Waals surface area (Å²) in [6.07, 6.45) is 5.05. The van der Waals surface area contributed by atoms with Crippen LogP contribution in [-0.2, 0) is 6.54 Å². The van der Waals surface area contributed by atoms with Crippen molar-refractivity contribution in [1.29, 1.82) is 0 Å². The van der Waals surface area contributed by atoms with Gasteiger partial charge in [0.15, 0.2) is 0 Å². The van der Waals surface area contributed by atoms with Gasteiger partial charge in [0.25, 0.3) is 5.91 Å². The van der Waals surface area contributed by atoms with Crippen molar-refractivity contribution < 1.29 is 9.21 Å². The number of rotatable bonds is 7. The molecule has 164 valence electrons. The third kappa shape index (κ3) is 4.45. The van der Waals surface area contributed by atoms with E-state index in [1.807, 2.05) is 66.1 Å². The fourth-order valence-electron chi connectivity index (χ4n) is 3.60. The molecule has 3 aromatic heterocycles. The lowest BCUT2D eigenvalue weighted by Crippen LogP contribution is -2.22. The first-order valence-electron chi connectivity index (χ1n) is 10.6. The minimum Gasteiger partial charge on any atom is -0.467 e. The number of aromatic nitrogens is 4. The van der Waals surface area contributed by atoms with Crippen LogP contribution in [0.5, 0.6) is 0 Å². The van der Waals surface area contributed by atoms with Crippen LogP contribution in [0.25, 0.3) is 16.9 Å². The molecule has 8 heteroatoms. The molecular formula is C25H22N6O2. The molecule has 0 saturated heterocycles. The summed E-state index contributed by atoms with van der Waals surface area (Å²) in [5, 5.41) is 6.19. The minimum atomic E-state index is -0.161. The third-order valence-electron chi connectivity index (χ3n) is 5.34. The lowest BCUT2D eigenvalue weighted by Gasteiger charge is -2.16. The maximum atomic E-state index is 12.5. The highest BCUT2D eigenvalue weighted by Crippen LogP contribution is 2.20. The molecule has 33 heavy (non-hydrogen) atoms. The minimum absolute atomic E-state index is 0.113. The smallest absolute Gasteiger partial charge is 0.251 e. The van der Waals surface area contributed by atoms with Crippen molar-refractivity contribution in [1.82, 2.24) is 24.8 Å². The molecule has 5 aromatic rings. The zero-order valence-corrected chi connectivity index (χ0v) is 18.0. The van der Waals surface area contributed by atoms with Crippen molar-refractivity contribution in [2.45, 2.75) is 19.5 Å². The molecule has 1 amide bonds. The number of carbonyl (C=O) groups excluding carboxylic acids is 1. The Hall–Kier alpha value is -4.46. The molecule has 0 saturated carbocycles. The molecule has 0 aliphatic carbocycles. The predicted octanol–water partition coefficient (Wildman–Crippen LogP) is 4.51. The van der Waals surface area contributed by atoms with Gasteiger partial charge in [-0.1, -0.05) is 24.3 Å². The van der Waals surface area contributed by atoms with E-state index in [0.29, 0.717) is 23.8 Å². The molecule has 2 N–H and O–H groups in total. The third-order valence-corrected chi connectivity index (χ3v) is 5.34. The van der Waals surface area contributed by atoms with E-state index in [-0.39, 0.29) is 11.9 Å². The van der Waals surface area contributed by atoms with Crippen LogP contribution in [0, 0.1) is 0 Å². The highest BCUT2D eigenvalue weighted by molar-refractivity contribution is 5.94. The summed E-state index contributed by atoms with van der Waals surface area (Å²) in [7, 11) is 0. The molecule has 2 aromatic carbocycles. The SMILES string of the molecule is CC(Nc1nccc(-n2cnc3ccccc32)n1)c1cccc(C(=O)NCc2ccco2)c1. The molecule has 1 unspecified atom stereocenters. The largest absolute Gasteiger partial charge is 0.467 e.